The van der Waals surface area contributed by atoms with Crippen molar-refractivity contribution in [2.45, 2.75) is 18.1 Å². The predicted molar refractivity (Wildman–Crippen MR) is 109 cm³/mol. The SMILES string of the molecule is O=S(O)c1c2cccc1COCCOCCOCCOCCOCCOCCOC2. The largest absolute Gasteiger partial charge is 0.377 e. The van der Waals surface area contributed by atoms with Crippen LogP contribution >= 0.6 is 0 Å². The van der Waals surface area contributed by atoms with Crippen molar-refractivity contribution < 1.29 is 41.9 Å². The van der Waals surface area contributed by atoms with Crippen LogP contribution in [-0.2, 0) is 57.5 Å². The van der Waals surface area contributed by atoms with Crippen LogP contribution in [-0.4, -0.2) is 88.0 Å². The van der Waals surface area contributed by atoms with E-state index in [9.17, 15) is 8.76 Å². The quantitative estimate of drug-likeness (QED) is 0.639. The smallest absolute Gasteiger partial charge is 0.187 e. The molecule has 2 bridgehead atoms. The highest BCUT2D eigenvalue weighted by Gasteiger charge is 2.14. The zero-order valence-corrected chi connectivity index (χ0v) is 18.1. The number of hydrogen-bond acceptors (Lipinski definition) is 8. The Morgan fingerprint density at radius 3 is 1.17 bits per heavy atom. The van der Waals surface area contributed by atoms with Crippen LogP contribution in [0.4, 0.5) is 0 Å². The van der Waals surface area contributed by atoms with Gasteiger partial charge in [-0.25, -0.2) is 4.21 Å². The van der Waals surface area contributed by atoms with Gasteiger partial charge in [-0.15, -0.1) is 0 Å². The maximum absolute atomic E-state index is 11.9. The summed E-state index contributed by atoms with van der Waals surface area (Å²) in [6.45, 7) is 5.91. The van der Waals surface area contributed by atoms with Crippen LogP contribution in [0.1, 0.15) is 11.1 Å². The van der Waals surface area contributed by atoms with Crippen LogP contribution < -0.4 is 0 Å². The number of fused-ring (bicyclic) bond motifs is 2. The highest BCUT2D eigenvalue weighted by molar-refractivity contribution is 7.79. The van der Waals surface area contributed by atoms with Crippen molar-refractivity contribution in [3.8, 4) is 0 Å². The monoisotopic (exact) mass is 448 g/mol. The molecule has 1 aliphatic rings. The van der Waals surface area contributed by atoms with Gasteiger partial charge in [0.1, 0.15) is 0 Å². The molecule has 0 amide bonds. The van der Waals surface area contributed by atoms with E-state index in [0.29, 0.717) is 95.3 Å². The summed E-state index contributed by atoms with van der Waals surface area (Å²) in [6.07, 6.45) is 0. The summed E-state index contributed by atoms with van der Waals surface area (Å²) in [5.41, 5.74) is 1.31. The second kappa shape index (κ2) is 16.7. The Morgan fingerprint density at radius 2 is 0.867 bits per heavy atom. The summed E-state index contributed by atoms with van der Waals surface area (Å²) in [5, 5.41) is 0. The number of rotatable bonds is 1. The molecule has 0 fully saturated rings. The predicted octanol–water partition coefficient (Wildman–Crippen LogP) is 1.40. The van der Waals surface area contributed by atoms with Gasteiger partial charge < -0.3 is 37.7 Å². The lowest BCUT2D eigenvalue weighted by molar-refractivity contribution is -0.0223. The standard InChI is InChI=1S/C20H32O9S/c21-30(22)20-18-2-1-3-19(20)17-29-15-13-27-11-9-25-7-5-23-4-6-24-8-10-26-12-14-28-16-18/h1-3H,4-17H2,(H,21,22). The van der Waals surface area contributed by atoms with E-state index in [4.69, 9.17) is 33.2 Å². The first-order chi connectivity index (χ1) is 14.8. The summed E-state index contributed by atoms with van der Waals surface area (Å²) >= 11 is -2.14. The Morgan fingerprint density at radius 1 is 0.567 bits per heavy atom. The molecule has 1 aromatic rings. The van der Waals surface area contributed by atoms with Crippen molar-refractivity contribution in [3.05, 3.63) is 29.3 Å². The Kier molecular flexibility index (Phi) is 14.1. The van der Waals surface area contributed by atoms with Gasteiger partial charge in [-0.2, -0.15) is 0 Å². The average molecular weight is 449 g/mol. The molecule has 0 aliphatic carbocycles. The van der Waals surface area contributed by atoms with E-state index in [1.807, 2.05) is 6.07 Å². The van der Waals surface area contributed by atoms with Crippen LogP contribution in [0.25, 0.3) is 0 Å². The van der Waals surface area contributed by atoms with E-state index in [2.05, 4.69) is 0 Å². The molecule has 1 atom stereocenters. The van der Waals surface area contributed by atoms with Crippen LogP contribution in [0, 0.1) is 0 Å². The van der Waals surface area contributed by atoms with Crippen molar-refractivity contribution >= 4 is 11.1 Å². The minimum atomic E-state index is -2.14. The van der Waals surface area contributed by atoms with E-state index in [0.717, 1.165) is 0 Å². The summed E-state index contributed by atoms with van der Waals surface area (Å²) in [7, 11) is 0. The van der Waals surface area contributed by atoms with Gasteiger partial charge in [0, 0.05) is 0 Å². The average Bonchev–Trinajstić information content (AvgIpc) is 2.74. The van der Waals surface area contributed by atoms with E-state index in [1.165, 1.54) is 0 Å². The van der Waals surface area contributed by atoms with E-state index < -0.39 is 11.1 Å². The van der Waals surface area contributed by atoms with Gasteiger partial charge in [0.15, 0.2) is 11.1 Å². The minimum absolute atomic E-state index is 0.218. The normalized spacial score (nSPS) is 21.4. The Balaban J connectivity index is 1.84. The molecule has 0 saturated carbocycles. The molecule has 0 spiro atoms. The molecule has 9 nitrogen and oxygen atoms in total. The zero-order valence-electron chi connectivity index (χ0n) is 17.3. The molecule has 1 aliphatic heterocycles. The van der Waals surface area contributed by atoms with E-state index in [-0.39, 0.29) is 13.2 Å². The number of hydrogen-bond donors (Lipinski definition) is 1. The van der Waals surface area contributed by atoms with Crippen molar-refractivity contribution in [2.24, 2.45) is 0 Å². The first kappa shape index (κ1) is 25.3. The fourth-order valence-corrected chi connectivity index (χ4v) is 3.37. The van der Waals surface area contributed by atoms with Crippen molar-refractivity contribution in [1.29, 1.82) is 0 Å². The van der Waals surface area contributed by atoms with Crippen LogP contribution in [0.3, 0.4) is 0 Å². The summed E-state index contributed by atoms with van der Waals surface area (Å²) < 4.78 is 59.9. The lowest BCUT2D eigenvalue weighted by Gasteiger charge is -2.13. The van der Waals surface area contributed by atoms with Gasteiger partial charge >= 0.3 is 0 Å². The van der Waals surface area contributed by atoms with Crippen molar-refractivity contribution in [2.75, 3.05) is 79.3 Å². The fraction of sp³-hybridized carbons (Fsp3) is 0.700. The molecule has 0 saturated heterocycles. The lowest BCUT2D eigenvalue weighted by atomic mass is 10.1. The summed E-state index contributed by atoms with van der Waals surface area (Å²) in [5.74, 6) is 0. The van der Waals surface area contributed by atoms with Crippen LogP contribution in [0.15, 0.2) is 23.1 Å². The van der Waals surface area contributed by atoms with Gasteiger partial charge in [0.2, 0.25) is 0 Å². The Labute approximate surface area is 180 Å². The topological polar surface area (TPSA) is 102 Å². The first-order valence-electron chi connectivity index (χ1n) is 10.0. The summed E-state index contributed by atoms with van der Waals surface area (Å²) in [6, 6.07) is 5.37. The highest BCUT2D eigenvalue weighted by Crippen LogP contribution is 2.20. The third kappa shape index (κ3) is 10.9. The third-order valence-corrected chi connectivity index (χ3v) is 4.97. The molecular weight excluding hydrogens is 416 g/mol. The second-order valence-corrected chi connectivity index (χ2v) is 7.23. The molecule has 1 unspecified atom stereocenters. The van der Waals surface area contributed by atoms with Gasteiger partial charge in [0.05, 0.1) is 97.4 Å². The molecule has 1 heterocycles. The number of benzene rings is 1. The highest BCUT2D eigenvalue weighted by atomic mass is 32.2. The van der Waals surface area contributed by atoms with Crippen molar-refractivity contribution in [1.82, 2.24) is 0 Å². The molecule has 30 heavy (non-hydrogen) atoms. The molecular formula is C20H32O9S. The maximum atomic E-state index is 11.9. The molecule has 1 N–H and O–H groups in total. The van der Waals surface area contributed by atoms with Gasteiger partial charge in [-0.05, 0) is 11.1 Å². The Hall–Kier alpha value is -0.950. The Bertz CT molecular complexity index is 559. The number of ether oxygens (including phenoxy) is 7. The van der Waals surface area contributed by atoms with Crippen LogP contribution in [0.5, 0.6) is 0 Å². The van der Waals surface area contributed by atoms with Gasteiger partial charge in [-0.3, -0.25) is 0 Å². The molecule has 0 aromatic heterocycles. The first-order valence-corrected chi connectivity index (χ1v) is 11.2. The second-order valence-electron chi connectivity index (χ2n) is 6.32. The zero-order chi connectivity index (χ0) is 21.3. The van der Waals surface area contributed by atoms with Gasteiger partial charge in [0.25, 0.3) is 0 Å². The van der Waals surface area contributed by atoms with E-state index in [1.54, 1.807) is 12.1 Å². The summed E-state index contributed by atoms with van der Waals surface area (Å²) in [4.78, 5) is 0.331. The molecule has 2 rings (SSSR count). The fourth-order valence-electron chi connectivity index (χ4n) is 2.67. The van der Waals surface area contributed by atoms with Crippen molar-refractivity contribution in [3.63, 3.8) is 0 Å². The van der Waals surface area contributed by atoms with E-state index >= 15 is 0 Å². The third-order valence-electron chi connectivity index (χ3n) is 4.10. The minimum Gasteiger partial charge on any atom is -0.377 e. The van der Waals surface area contributed by atoms with Crippen LogP contribution in [0.2, 0.25) is 0 Å². The molecule has 172 valence electrons. The molecule has 1 aromatic carbocycles. The lowest BCUT2D eigenvalue weighted by Crippen LogP contribution is -2.15. The maximum Gasteiger partial charge on any atom is 0.187 e. The van der Waals surface area contributed by atoms with Gasteiger partial charge in [-0.1, -0.05) is 18.2 Å². The molecule has 10 heteroatoms. The molecule has 0 radical (unpaired) electrons.